The lowest BCUT2D eigenvalue weighted by molar-refractivity contribution is -0.00594. The van der Waals surface area contributed by atoms with Gasteiger partial charge in [-0.05, 0) is 33.1 Å². The number of rotatable bonds is 3. The number of amides is 1. The molecule has 0 aromatic carbocycles. The lowest BCUT2D eigenvalue weighted by atomic mass is 9.96. The summed E-state index contributed by atoms with van der Waals surface area (Å²) < 4.78 is 5.42. The molecular formula is C18H24ClN5O3. The summed E-state index contributed by atoms with van der Waals surface area (Å²) in [6.07, 6.45) is 2.76. The molecule has 0 saturated carbocycles. The van der Waals surface area contributed by atoms with E-state index in [4.69, 9.17) is 16.3 Å². The van der Waals surface area contributed by atoms with Crippen molar-refractivity contribution in [2.45, 2.75) is 38.9 Å². The van der Waals surface area contributed by atoms with Crippen molar-refractivity contribution < 1.29 is 14.6 Å². The molecule has 0 unspecified atom stereocenters. The van der Waals surface area contributed by atoms with Gasteiger partial charge in [0.05, 0.1) is 11.6 Å². The molecule has 1 fully saturated rings. The van der Waals surface area contributed by atoms with E-state index in [0.717, 1.165) is 0 Å². The fraction of sp³-hybridized carbons (Fsp3) is 0.556. The maximum atomic E-state index is 12.3. The van der Waals surface area contributed by atoms with E-state index >= 15 is 0 Å². The molecule has 1 aliphatic heterocycles. The lowest BCUT2D eigenvalue weighted by Crippen LogP contribution is -2.49. The van der Waals surface area contributed by atoms with Crippen LogP contribution >= 0.6 is 11.6 Å². The minimum Gasteiger partial charge on any atom is -0.444 e. The summed E-state index contributed by atoms with van der Waals surface area (Å²) >= 11 is 6.07. The van der Waals surface area contributed by atoms with Gasteiger partial charge in [-0.2, -0.15) is 0 Å². The van der Waals surface area contributed by atoms with Crippen LogP contribution in [-0.4, -0.2) is 62.4 Å². The number of likely N-dealkylation sites (tertiary alicyclic amines) is 1. The largest absolute Gasteiger partial charge is 0.444 e. The lowest BCUT2D eigenvalue weighted by Gasteiger charge is -2.36. The quantitative estimate of drug-likeness (QED) is 0.773. The number of carbonyl (C=O) groups is 1. The molecule has 1 saturated heterocycles. The molecule has 9 heteroatoms. The number of aliphatic hydroxyl groups is 1. The first-order valence-corrected chi connectivity index (χ1v) is 9.26. The zero-order chi connectivity index (χ0) is 19.6. The molecule has 2 atom stereocenters. The van der Waals surface area contributed by atoms with Crippen molar-refractivity contribution in [3.05, 3.63) is 23.6 Å². The second-order valence-electron chi connectivity index (χ2n) is 7.74. The number of hydrogen-bond donors (Lipinski definition) is 2. The van der Waals surface area contributed by atoms with Gasteiger partial charge in [-0.15, -0.1) is 0 Å². The Kier molecular flexibility index (Phi) is 5.67. The molecule has 0 spiro atoms. The number of hydrogen-bond acceptors (Lipinski definition) is 7. The second-order valence-corrected chi connectivity index (χ2v) is 8.13. The number of aromatic nitrogens is 3. The monoisotopic (exact) mass is 393 g/mol. The van der Waals surface area contributed by atoms with Crippen molar-refractivity contribution in [2.75, 3.05) is 25.0 Å². The van der Waals surface area contributed by atoms with Crippen LogP contribution in [-0.2, 0) is 4.74 Å². The number of fused-ring (bicyclic) bond motifs is 1. The van der Waals surface area contributed by atoms with Crippen LogP contribution in [0.2, 0.25) is 5.15 Å². The highest BCUT2D eigenvalue weighted by Crippen LogP contribution is 2.24. The molecule has 0 aliphatic carbocycles. The summed E-state index contributed by atoms with van der Waals surface area (Å²) in [7, 11) is 0. The Balaban J connectivity index is 1.68. The fourth-order valence-electron chi connectivity index (χ4n) is 3.10. The SMILES string of the molecule is CC(C)(C)OC(=O)N1C[C@H](O)C[C@H](CNc2nc(Cl)cc3nccnc23)C1. The zero-order valence-electron chi connectivity index (χ0n) is 15.6. The molecule has 0 radical (unpaired) electrons. The molecule has 146 valence electrons. The summed E-state index contributed by atoms with van der Waals surface area (Å²) in [5.41, 5.74) is 0.705. The Morgan fingerprint density at radius 2 is 2.11 bits per heavy atom. The highest BCUT2D eigenvalue weighted by molar-refractivity contribution is 6.30. The Bertz CT molecular complexity index is 826. The minimum absolute atomic E-state index is 0.0359. The van der Waals surface area contributed by atoms with Gasteiger partial charge in [0.25, 0.3) is 0 Å². The molecule has 2 aromatic rings. The van der Waals surface area contributed by atoms with Crippen LogP contribution < -0.4 is 5.32 Å². The maximum absolute atomic E-state index is 12.3. The first-order valence-electron chi connectivity index (χ1n) is 8.88. The zero-order valence-corrected chi connectivity index (χ0v) is 16.4. The number of anilines is 1. The molecule has 27 heavy (non-hydrogen) atoms. The highest BCUT2D eigenvalue weighted by atomic mass is 35.5. The van der Waals surface area contributed by atoms with Crippen LogP contribution in [0.5, 0.6) is 0 Å². The summed E-state index contributed by atoms with van der Waals surface area (Å²) in [5.74, 6) is 0.572. The Morgan fingerprint density at radius 1 is 1.37 bits per heavy atom. The van der Waals surface area contributed by atoms with Gasteiger partial charge >= 0.3 is 6.09 Å². The van der Waals surface area contributed by atoms with Gasteiger partial charge in [-0.25, -0.2) is 14.8 Å². The molecular weight excluding hydrogens is 370 g/mol. The molecule has 3 rings (SSSR count). The Labute approximate surface area is 162 Å². The van der Waals surface area contributed by atoms with Gasteiger partial charge in [-0.3, -0.25) is 4.98 Å². The first-order chi connectivity index (χ1) is 12.7. The molecule has 8 nitrogen and oxygen atoms in total. The number of β-amino-alcohol motifs (C(OH)–C–C–N with tert-alkyl or cyclic N) is 1. The molecule has 3 heterocycles. The van der Waals surface area contributed by atoms with E-state index in [2.05, 4.69) is 20.3 Å². The Morgan fingerprint density at radius 3 is 2.85 bits per heavy atom. The van der Waals surface area contributed by atoms with E-state index in [-0.39, 0.29) is 12.5 Å². The van der Waals surface area contributed by atoms with Crippen LogP contribution in [0.15, 0.2) is 18.5 Å². The third kappa shape index (κ3) is 5.17. The number of pyridine rings is 1. The normalized spacial score (nSPS) is 20.6. The number of nitrogens with one attached hydrogen (secondary N) is 1. The number of halogens is 1. The van der Waals surface area contributed by atoms with Gasteiger partial charge in [0, 0.05) is 38.1 Å². The van der Waals surface area contributed by atoms with Crippen molar-refractivity contribution in [2.24, 2.45) is 5.92 Å². The topological polar surface area (TPSA) is 100 Å². The molecule has 1 aliphatic rings. The van der Waals surface area contributed by atoms with Gasteiger partial charge in [0.15, 0.2) is 5.82 Å². The van der Waals surface area contributed by atoms with Crippen LogP contribution in [0.3, 0.4) is 0 Å². The summed E-state index contributed by atoms with van der Waals surface area (Å²) in [4.78, 5) is 26.7. The molecule has 2 N–H and O–H groups in total. The van der Waals surface area contributed by atoms with Crippen molar-refractivity contribution >= 4 is 34.5 Å². The Hall–Kier alpha value is -2.19. The van der Waals surface area contributed by atoms with Crippen LogP contribution in [0.4, 0.5) is 10.6 Å². The highest BCUT2D eigenvalue weighted by Gasteiger charge is 2.31. The maximum Gasteiger partial charge on any atom is 0.410 e. The molecule has 1 amide bonds. The van der Waals surface area contributed by atoms with Crippen LogP contribution in [0.25, 0.3) is 11.0 Å². The van der Waals surface area contributed by atoms with Gasteiger partial charge in [0.1, 0.15) is 16.3 Å². The minimum atomic E-state index is -0.595. The summed E-state index contributed by atoms with van der Waals surface area (Å²) in [6.45, 7) is 6.73. The third-order valence-electron chi connectivity index (χ3n) is 4.15. The number of carbonyl (C=O) groups excluding carboxylic acids is 1. The van der Waals surface area contributed by atoms with Crippen molar-refractivity contribution in [1.29, 1.82) is 0 Å². The van der Waals surface area contributed by atoms with Gasteiger partial charge < -0.3 is 20.1 Å². The van der Waals surface area contributed by atoms with E-state index in [1.807, 2.05) is 20.8 Å². The number of aliphatic hydroxyl groups excluding tert-OH is 1. The average molecular weight is 394 g/mol. The van der Waals surface area contributed by atoms with Gasteiger partial charge in [-0.1, -0.05) is 11.6 Å². The van der Waals surface area contributed by atoms with Crippen molar-refractivity contribution in [1.82, 2.24) is 19.9 Å². The van der Waals surface area contributed by atoms with Gasteiger partial charge in [0.2, 0.25) is 0 Å². The number of ether oxygens (including phenoxy) is 1. The summed E-state index contributed by atoms with van der Waals surface area (Å²) in [5, 5.41) is 13.7. The second kappa shape index (κ2) is 7.82. The predicted molar refractivity (Wildman–Crippen MR) is 103 cm³/mol. The smallest absolute Gasteiger partial charge is 0.410 e. The molecule has 2 aromatic heterocycles. The number of piperidine rings is 1. The van der Waals surface area contributed by atoms with E-state index < -0.39 is 17.8 Å². The standard InChI is InChI=1S/C18H24ClN5O3/c1-18(2,3)27-17(26)24-9-11(6-12(25)10-24)8-22-16-15-13(7-14(19)23-16)20-4-5-21-15/h4-5,7,11-12,25H,6,8-10H2,1-3H3,(H,22,23)/t11-,12-/m1/s1. The van der Waals surface area contributed by atoms with Crippen molar-refractivity contribution in [3.8, 4) is 0 Å². The van der Waals surface area contributed by atoms with E-state index in [9.17, 15) is 9.90 Å². The van der Waals surface area contributed by atoms with E-state index in [1.54, 1.807) is 23.4 Å². The third-order valence-corrected chi connectivity index (χ3v) is 4.34. The first kappa shape index (κ1) is 19.6. The van der Waals surface area contributed by atoms with E-state index in [1.165, 1.54) is 0 Å². The number of nitrogens with zero attached hydrogens (tertiary/aromatic N) is 4. The van der Waals surface area contributed by atoms with Crippen LogP contribution in [0.1, 0.15) is 27.2 Å². The average Bonchev–Trinajstić information content (AvgIpc) is 2.57. The fourth-order valence-corrected chi connectivity index (χ4v) is 3.29. The van der Waals surface area contributed by atoms with Crippen LogP contribution in [0, 0.1) is 5.92 Å². The molecule has 0 bridgehead atoms. The van der Waals surface area contributed by atoms with Crippen molar-refractivity contribution in [3.63, 3.8) is 0 Å². The van der Waals surface area contributed by atoms with E-state index in [0.29, 0.717) is 41.5 Å². The predicted octanol–water partition coefficient (Wildman–Crippen LogP) is 2.71. The summed E-state index contributed by atoms with van der Waals surface area (Å²) in [6, 6.07) is 1.66.